The van der Waals surface area contributed by atoms with Crippen molar-refractivity contribution in [3.63, 3.8) is 0 Å². The van der Waals surface area contributed by atoms with Crippen molar-refractivity contribution in [2.24, 2.45) is 16.8 Å². The van der Waals surface area contributed by atoms with Gasteiger partial charge < -0.3 is 14.8 Å². The number of hydrogen-bond acceptors (Lipinski definition) is 3. The highest BCUT2D eigenvalue weighted by molar-refractivity contribution is 5.80. The molecule has 1 aromatic heterocycles. The van der Waals surface area contributed by atoms with Crippen LogP contribution < -0.4 is 5.32 Å². The van der Waals surface area contributed by atoms with Crippen LogP contribution in [0, 0.1) is 11.8 Å². The van der Waals surface area contributed by atoms with Gasteiger partial charge in [0.2, 0.25) is 0 Å². The fourth-order valence-corrected chi connectivity index (χ4v) is 3.93. The van der Waals surface area contributed by atoms with Gasteiger partial charge >= 0.3 is 0 Å². The summed E-state index contributed by atoms with van der Waals surface area (Å²) in [6, 6.07) is 0. The Morgan fingerprint density at radius 3 is 2.48 bits per heavy atom. The van der Waals surface area contributed by atoms with Gasteiger partial charge in [0, 0.05) is 32.7 Å². The maximum absolute atomic E-state index is 4.86. The number of aliphatic imine (C=N–C) groups is 1. The molecule has 0 bridgehead atoms. The molecule has 1 aromatic rings. The predicted octanol–water partition coefficient (Wildman–Crippen LogP) is 2.15. The number of likely N-dealkylation sites (tertiary alicyclic amines) is 1. The van der Waals surface area contributed by atoms with E-state index in [1.165, 1.54) is 38.8 Å². The van der Waals surface area contributed by atoms with Crippen LogP contribution >= 0.6 is 0 Å². The van der Waals surface area contributed by atoms with Crippen molar-refractivity contribution in [3.05, 3.63) is 12.7 Å². The average molecular weight is 318 g/mol. The summed E-state index contributed by atoms with van der Waals surface area (Å²) < 4.78 is 2.03. The lowest BCUT2D eigenvalue weighted by molar-refractivity contribution is 0.299. The Morgan fingerprint density at radius 1 is 1.13 bits per heavy atom. The van der Waals surface area contributed by atoms with E-state index in [0.29, 0.717) is 0 Å². The molecule has 0 aromatic carbocycles. The first kappa shape index (κ1) is 16.3. The van der Waals surface area contributed by atoms with Crippen LogP contribution in [0.25, 0.3) is 0 Å². The number of fused-ring (bicyclic) bond motifs is 1. The maximum atomic E-state index is 4.86. The third kappa shape index (κ3) is 4.45. The molecule has 128 valence electrons. The van der Waals surface area contributed by atoms with E-state index in [-0.39, 0.29) is 0 Å². The number of unbranched alkanes of at least 4 members (excludes halogenated alkanes) is 1. The first-order valence-corrected chi connectivity index (χ1v) is 9.22. The zero-order valence-corrected chi connectivity index (χ0v) is 14.3. The van der Waals surface area contributed by atoms with Gasteiger partial charge in [-0.3, -0.25) is 4.99 Å². The van der Waals surface area contributed by atoms with Crippen LogP contribution in [0.15, 0.2) is 17.6 Å². The van der Waals surface area contributed by atoms with Gasteiger partial charge in [0.15, 0.2) is 5.96 Å². The second-order valence-electron chi connectivity index (χ2n) is 6.85. The number of nitrogens with zero attached hydrogens (tertiary/aromatic N) is 5. The van der Waals surface area contributed by atoms with E-state index in [0.717, 1.165) is 50.3 Å². The SMILES string of the molecule is CCNC(=NCCCCn1cnnc1)N1CC2CCCCC2C1. The average Bonchev–Trinajstić information content (AvgIpc) is 3.22. The van der Waals surface area contributed by atoms with E-state index in [2.05, 4.69) is 27.3 Å². The summed E-state index contributed by atoms with van der Waals surface area (Å²) in [5.41, 5.74) is 0. The Kier molecular flexibility index (Phi) is 5.88. The molecule has 3 rings (SSSR count). The second-order valence-corrected chi connectivity index (χ2v) is 6.85. The second kappa shape index (κ2) is 8.31. The van der Waals surface area contributed by atoms with Crippen molar-refractivity contribution >= 4 is 5.96 Å². The standard InChI is InChI=1S/C17H30N6/c1-2-18-17(19-9-5-6-10-22-13-20-21-14-22)23-11-15-7-3-4-8-16(15)12-23/h13-16H,2-12H2,1H3,(H,18,19). The van der Waals surface area contributed by atoms with E-state index >= 15 is 0 Å². The minimum absolute atomic E-state index is 0.899. The van der Waals surface area contributed by atoms with E-state index in [1.807, 2.05) is 4.57 Å². The lowest BCUT2D eigenvalue weighted by atomic mass is 9.82. The van der Waals surface area contributed by atoms with Crippen LogP contribution in [0.5, 0.6) is 0 Å². The van der Waals surface area contributed by atoms with Gasteiger partial charge in [0.25, 0.3) is 0 Å². The molecule has 0 radical (unpaired) electrons. The molecule has 1 N–H and O–H groups in total. The molecule has 0 amide bonds. The van der Waals surface area contributed by atoms with Crippen molar-refractivity contribution in [1.29, 1.82) is 0 Å². The fraction of sp³-hybridized carbons (Fsp3) is 0.824. The van der Waals surface area contributed by atoms with Crippen molar-refractivity contribution in [2.45, 2.75) is 52.0 Å². The summed E-state index contributed by atoms with van der Waals surface area (Å²) in [4.78, 5) is 7.37. The Labute approximate surface area is 139 Å². The van der Waals surface area contributed by atoms with Crippen molar-refractivity contribution in [1.82, 2.24) is 25.0 Å². The summed E-state index contributed by atoms with van der Waals surface area (Å²) in [6.07, 6.45) is 11.5. The molecule has 1 saturated carbocycles. The van der Waals surface area contributed by atoms with Crippen LogP contribution in [0.2, 0.25) is 0 Å². The molecule has 2 aliphatic rings. The van der Waals surface area contributed by atoms with Crippen molar-refractivity contribution in [2.75, 3.05) is 26.2 Å². The van der Waals surface area contributed by atoms with Gasteiger partial charge in [-0.25, -0.2) is 0 Å². The zero-order valence-electron chi connectivity index (χ0n) is 14.3. The minimum Gasteiger partial charge on any atom is -0.357 e. The zero-order chi connectivity index (χ0) is 15.9. The Hall–Kier alpha value is -1.59. The molecular weight excluding hydrogens is 288 g/mol. The molecule has 2 atom stereocenters. The minimum atomic E-state index is 0.899. The number of nitrogens with one attached hydrogen (secondary N) is 1. The molecule has 1 aliphatic carbocycles. The molecule has 1 aliphatic heterocycles. The van der Waals surface area contributed by atoms with Crippen LogP contribution in [-0.4, -0.2) is 51.8 Å². The summed E-state index contributed by atoms with van der Waals surface area (Å²) >= 11 is 0. The largest absolute Gasteiger partial charge is 0.357 e. The van der Waals surface area contributed by atoms with Gasteiger partial charge in [-0.15, -0.1) is 10.2 Å². The summed E-state index contributed by atoms with van der Waals surface area (Å²) in [7, 11) is 0. The Balaban J connectivity index is 1.45. The molecule has 2 fully saturated rings. The quantitative estimate of drug-likeness (QED) is 0.496. The predicted molar refractivity (Wildman–Crippen MR) is 92.3 cm³/mol. The Morgan fingerprint density at radius 2 is 1.83 bits per heavy atom. The summed E-state index contributed by atoms with van der Waals surface area (Å²) in [5, 5.41) is 11.1. The maximum Gasteiger partial charge on any atom is 0.193 e. The lowest BCUT2D eigenvalue weighted by Crippen LogP contribution is -2.40. The third-order valence-corrected chi connectivity index (χ3v) is 5.16. The van der Waals surface area contributed by atoms with Gasteiger partial charge in [-0.05, 0) is 44.4 Å². The van der Waals surface area contributed by atoms with Crippen LogP contribution in [0.3, 0.4) is 0 Å². The van der Waals surface area contributed by atoms with Gasteiger partial charge in [-0.2, -0.15) is 0 Å². The molecule has 6 heteroatoms. The number of aromatic nitrogens is 3. The molecule has 2 heterocycles. The van der Waals surface area contributed by atoms with Crippen LogP contribution in [0.1, 0.15) is 45.4 Å². The van der Waals surface area contributed by atoms with Gasteiger partial charge in [0.1, 0.15) is 12.7 Å². The summed E-state index contributed by atoms with van der Waals surface area (Å²) in [5.74, 6) is 2.94. The topological polar surface area (TPSA) is 58.3 Å². The van der Waals surface area contributed by atoms with E-state index < -0.39 is 0 Å². The molecule has 1 saturated heterocycles. The summed E-state index contributed by atoms with van der Waals surface area (Å²) in [6.45, 7) is 7.40. The number of hydrogen-bond donors (Lipinski definition) is 1. The van der Waals surface area contributed by atoms with Crippen molar-refractivity contribution in [3.8, 4) is 0 Å². The number of aryl methyl sites for hydroxylation is 1. The highest BCUT2D eigenvalue weighted by atomic mass is 15.3. The van der Waals surface area contributed by atoms with Gasteiger partial charge in [-0.1, -0.05) is 12.8 Å². The van der Waals surface area contributed by atoms with E-state index in [1.54, 1.807) is 12.7 Å². The van der Waals surface area contributed by atoms with Gasteiger partial charge in [0.05, 0.1) is 0 Å². The van der Waals surface area contributed by atoms with Crippen LogP contribution in [0.4, 0.5) is 0 Å². The lowest BCUT2D eigenvalue weighted by Gasteiger charge is -2.22. The number of guanidine groups is 1. The molecular formula is C17H30N6. The van der Waals surface area contributed by atoms with Crippen molar-refractivity contribution < 1.29 is 0 Å². The molecule has 0 spiro atoms. The molecule has 6 nitrogen and oxygen atoms in total. The van der Waals surface area contributed by atoms with Crippen LogP contribution in [-0.2, 0) is 6.54 Å². The van der Waals surface area contributed by atoms with E-state index in [9.17, 15) is 0 Å². The molecule has 23 heavy (non-hydrogen) atoms. The molecule has 2 unspecified atom stereocenters. The first-order valence-electron chi connectivity index (χ1n) is 9.22. The van der Waals surface area contributed by atoms with E-state index in [4.69, 9.17) is 4.99 Å². The third-order valence-electron chi connectivity index (χ3n) is 5.16. The number of rotatable bonds is 6. The fourth-order valence-electron chi connectivity index (χ4n) is 3.93. The highest BCUT2D eigenvalue weighted by Crippen LogP contribution is 2.35. The first-order chi connectivity index (χ1) is 11.4. The smallest absolute Gasteiger partial charge is 0.193 e. The Bertz CT molecular complexity index is 469. The highest BCUT2D eigenvalue weighted by Gasteiger charge is 2.35. The monoisotopic (exact) mass is 318 g/mol. The normalized spacial score (nSPS) is 24.7.